The van der Waals surface area contributed by atoms with Crippen molar-refractivity contribution >= 4 is 22.9 Å². The van der Waals surface area contributed by atoms with Gasteiger partial charge in [0.15, 0.2) is 5.76 Å². The number of hydrogen-bond donors (Lipinski definition) is 0. The van der Waals surface area contributed by atoms with E-state index in [4.69, 9.17) is 21.4 Å². The van der Waals surface area contributed by atoms with Crippen molar-refractivity contribution in [1.29, 1.82) is 0 Å². The molecule has 0 bridgehead atoms. The van der Waals surface area contributed by atoms with Crippen LogP contribution in [0.2, 0.25) is 0 Å². The van der Waals surface area contributed by atoms with E-state index in [1.54, 1.807) is 13.4 Å². The van der Waals surface area contributed by atoms with E-state index >= 15 is 0 Å². The first-order valence-corrected chi connectivity index (χ1v) is 7.40. The van der Waals surface area contributed by atoms with Crippen LogP contribution in [0.25, 0.3) is 0 Å². The van der Waals surface area contributed by atoms with Gasteiger partial charge in [-0.1, -0.05) is 12.2 Å². The molecule has 2 aromatic rings. The second-order valence-electron chi connectivity index (χ2n) is 4.95. The SMILES string of the molecule is COc1ccc(N2CCN(C(=S)c3ccco3)CC2)cc1. The molecule has 1 saturated heterocycles. The lowest BCUT2D eigenvalue weighted by atomic mass is 10.2. The Hall–Kier alpha value is -2.01. The summed E-state index contributed by atoms with van der Waals surface area (Å²) >= 11 is 5.48. The van der Waals surface area contributed by atoms with Crippen molar-refractivity contribution in [1.82, 2.24) is 4.90 Å². The number of methoxy groups -OCH3 is 1. The number of piperazine rings is 1. The standard InChI is InChI=1S/C16H18N2O2S/c1-19-14-6-4-13(5-7-14)17-8-10-18(11-9-17)16(21)15-3-2-12-20-15/h2-7,12H,8-11H2,1H3. The summed E-state index contributed by atoms with van der Waals surface area (Å²) in [6.45, 7) is 3.72. The van der Waals surface area contributed by atoms with E-state index in [0.29, 0.717) is 0 Å². The zero-order valence-electron chi connectivity index (χ0n) is 12.0. The highest BCUT2D eigenvalue weighted by Crippen LogP contribution is 2.21. The van der Waals surface area contributed by atoms with Gasteiger partial charge in [0.1, 0.15) is 10.7 Å². The number of ether oxygens (including phenoxy) is 1. The largest absolute Gasteiger partial charge is 0.497 e. The Bertz CT molecular complexity index is 587. The highest BCUT2D eigenvalue weighted by atomic mass is 32.1. The van der Waals surface area contributed by atoms with Gasteiger partial charge >= 0.3 is 0 Å². The zero-order valence-corrected chi connectivity index (χ0v) is 12.8. The van der Waals surface area contributed by atoms with Gasteiger partial charge in [-0.3, -0.25) is 0 Å². The smallest absolute Gasteiger partial charge is 0.161 e. The summed E-state index contributed by atoms with van der Waals surface area (Å²) in [5, 5.41) is 0. The molecule has 5 heteroatoms. The first-order valence-electron chi connectivity index (χ1n) is 7.00. The Labute approximate surface area is 129 Å². The lowest BCUT2D eigenvalue weighted by Crippen LogP contribution is -2.48. The number of rotatable bonds is 3. The van der Waals surface area contributed by atoms with Crippen LogP contribution in [-0.2, 0) is 0 Å². The number of nitrogens with zero attached hydrogens (tertiary/aromatic N) is 2. The maximum absolute atomic E-state index is 5.48. The average Bonchev–Trinajstić information content (AvgIpc) is 3.09. The van der Waals surface area contributed by atoms with Crippen molar-refractivity contribution in [3.63, 3.8) is 0 Å². The number of furan rings is 1. The van der Waals surface area contributed by atoms with E-state index in [9.17, 15) is 0 Å². The molecule has 0 N–H and O–H groups in total. The van der Waals surface area contributed by atoms with Gasteiger partial charge in [0.25, 0.3) is 0 Å². The minimum Gasteiger partial charge on any atom is -0.497 e. The molecule has 0 amide bonds. The van der Waals surface area contributed by atoms with Crippen LogP contribution in [0.1, 0.15) is 5.76 Å². The normalized spacial score (nSPS) is 15.1. The van der Waals surface area contributed by atoms with Crippen LogP contribution in [0.5, 0.6) is 5.75 Å². The first kappa shape index (κ1) is 13.9. The molecule has 0 radical (unpaired) electrons. The van der Waals surface area contributed by atoms with Crippen LogP contribution < -0.4 is 9.64 Å². The Morgan fingerprint density at radius 1 is 1.10 bits per heavy atom. The predicted molar refractivity (Wildman–Crippen MR) is 87.2 cm³/mol. The van der Waals surface area contributed by atoms with E-state index in [2.05, 4.69) is 21.9 Å². The van der Waals surface area contributed by atoms with E-state index < -0.39 is 0 Å². The highest BCUT2D eigenvalue weighted by Gasteiger charge is 2.21. The van der Waals surface area contributed by atoms with E-state index in [-0.39, 0.29) is 0 Å². The first-order chi connectivity index (χ1) is 10.3. The maximum Gasteiger partial charge on any atom is 0.161 e. The molecule has 1 aromatic carbocycles. The predicted octanol–water partition coefficient (Wildman–Crippen LogP) is 2.79. The molecule has 0 spiro atoms. The van der Waals surface area contributed by atoms with Gasteiger partial charge in [-0.05, 0) is 36.4 Å². The quantitative estimate of drug-likeness (QED) is 0.813. The molecule has 3 rings (SSSR count). The van der Waals surface area contributed by atoms with Crippen molar-refractivity contribution < 1.29 is 9.15 Å². The molecule has 0 unspecified atom stereocenters. The fourth-order valence-corrected chi connectivity index (χ4v) is 2.82. The number of thiocarbonyl (C=S) groups is 1. The van der Waals surface area contributed by atoms with Gasteiger partial charge in [0, 0.05) is 31.9 Å². The number of hydrogen-bond acceptors (Lipinski definition) is 4. The Kier molecular flexibility index (Phi) is 4.10. The minimum absolute atomic E-state index is 0.780. The number of benzene rings is 1. The van der Waals surface area contributed by atoms with Crippen molar-refractivity contribution in [2.75, 3.05) is 38.2 Å². The summed E-state index contributed by atoms with van der Waals surface area (Å²) in [5.74, 6) is 1.67. The van der Waals surface area contributed by atoms with Crippen molar-refractivity contribution in [2.24, 2.45) is 0 Å². The molecule has 21 heavy (non-hydrogen) atoms. The topological polar surface area (TPSA) is 28.9 Å². The molecule has 0 atom stereocenters. The highest BCUT2D eigenvalue weighted by molar-refractivity contribution is 7.80. The molecule has 1 aromatic heterocycles. The fraction of sp³-hybridized carbons (Fsp3) is 0.312. The van der Waals surface area contributed by atoms with E-state index in [1.165, 1.54) is 5.69 Å². The molecular formula is C16H18N2O2S. The summed E-state index contributed by atoms with van der Waals surface area (Å²) in [6.07, 6.45) is 1.66. The van der Waals surface area contributed by atoms with Gasteiger partial charge in [-0.15, -0.1) is 0 Å². The summed E-state index contributed by atoms with van der Waals surface area (Å²) in [4.78, 5) is 5.36. The molecule has 1 fully saturated rings. The molecule has 1 aliphatic rings. The second-order valence-corrected chi connectivity index (χ2v) is 5.34. The van der Waals surface area contributed by atoms with Crippen LogP contribution in [0.4, 0.5) is 5.69 Å². The van der Waals surface area contributed by atoms with Crippen molar-refractivity contribution in [3.05, 3.63) is 48.4 Å². The Morgan fingerprint density at radius 2 is 1.81 bits per heavy atom. The molecule has 0 aliphatic carbocycles. The summed E-state index contributed by atoms with van der Waals surface area (Å²) in [7, 11) is 1.68. The third-order valence-corrected chi connectivity index (χ3v) is 4.20. The lowest BCUT2D eigenvalue weighted by molar-refractivity contribution is 0.384. The van der Waals surface area contributed by atoms with E-state index in [0.717, 1.165) is 42.7 Å². The van der Waals surface area contributed by atoms with Crippen LogP contribution in [0, 0.1) is 0 Å². The van der Waals surface area contributed by atoms with Gasteiger partial charge < -0.3 is 19.0 Å². The van der Waals surface area contributed by atoms with Crippen LogP contribution in [-0.4, -0.2) is 43.2 Å². The van der Waals surface area contributed by atoms with Gasteiger partial charge in [-0.25, -0.2) is 0 Å². The molecular weight excluding hydrogens is 284 g/mol. The third-order valence-electron chi connectivity index (χ3n) is 3.74. The molecule has 110 valence electrons. The van der Waals surface area contributed by atoms with Crippen LogP contribution in [0.3, 0.4) is 0 Å². The van der Waals surface area contributed by atoms with Gasteiger partial charge in [-0.2, -0.15) is 0 Å². The summed E-state index contributed by atoms with van der Waals surface area (Å²) < 4.78 is 10.6. The van der Waals surface area contributed by atoms with Crippen LogP contribution in [0.15, 0.2) is 47.1 Å². The van der Waals surface area contributed by atoms with E-state index in [1.807, 2.05) is 24.3 Å². The summed E-state index contributed by atoms with van der Waals surface area (Å²) in [6, 6.07) is 12.0. The molecule has 4 nitrogen and oxygen atoms in total. The minimum atomic E-state index is 0.780. The van der Waals surface area contributed by atoms with Gasteiger partial charge in [0.2, 0.25) is 0 Å². The van der Waals surface area contributed by atoms with Gasteiger partial charge in [0.05, 0.1) is 13.4 Å². The Balaban J connectivity index is 1.60. The monoisotopic (exact) mass is 302 g/mol. The van der Waals surface area contributed by atoms with Crippen LogP contribution >= 0.6 is 12.2 Å². The summed E-state index contributed by atoms with van der Waals surface area (Å²) in [5.41, 5.74) is 1.22. The molecule has 0 saturated carbocycles. The lowest BCUT2D eigenvalue weighted by Gasteiger charge is -2.37. The van der Waals surface area contributed by atoms with Crippen molar-refractivity contribution in [3.8, 4) is 5.75 Å². The number of anilines is 1. The third kappa shape index (κ3) is 3.03. The fourth-order valence-electron chi connectivity index (χ4n) is 2.52. The average molecular weight is 302 g/mol. The van der Waals surface area contributed by atoms with Crippen molar-refractivity contribution in [2.45, 2.75) is 0 Å². The molecule has 2 heterocycles. The zero-order chi connectivity index (χ0) is 14.7. The Morgan fingerprint density at radius 3 is 2.38 bits per heavy atom. The maximum atomic E-state index is 5.48. The second kappa shape index (κ2) is 6.18. The molecule has 1 aliphatic heterocycles.